The number of aromatic nitrogens is 3. The van der Waals surface area contributed by atoms with Crippen LogP contribution in [0.4, 0.5) is 4.39 Å². The summed E-state index contributed by atoms with van der Waals surface area (Å²) in [5.41, 5.74) is -0.224. The largest absolute Gasteiger partial charge is 0.340 e. The van der Waals surface area contributed by atoms with Crippen molar-refractivity contribution in [1.29, 1.82) is 0 Å². The molecule has 6 nitrogen and oxygen atoms in total. The predicted molar refractivity (Wildman–Crippen MR) is 94.2 cm³/mol. The van der Waals surface area contributed by atoms with Crippen LogP contribution in [0.2, 0.25) is 0 Å². The zero-order valence-corrected chi connectivity index (χ0v) is 15.0. The molecule has 0 saturated heterocycles. The van der Waals surface area contributed by atoms with Crippen LogP contribution in [0.1, 0.15) is 47.1 Å². The molecule has 0 atom stereocenters. The molecule has 4 rings (SSSR count). The minimum absolute atomic E-state index is 0.255. The summed E-state index contributed by atoms with van der Waals surface area (Å²) < 4.78 is 19.0. The summed E-state index contributed by atoms with van der Waals surface area (Å²) >= 11 is 1.16. The van der Waals surface area contributed by atoms with Crippen LogP contribution in [0, 0.1) is 12.7 Å². The number of thiazole rings is 1. The molecular formula is C18H17FN4O2S. The summed E-state index contributed by atoms with van der Waals surface area (Å²) in [7, 11) is 0. The van der Waals surface area contributed by atoms with Crippen molar-refractivity contribution >= 4 is 17.2 Å². The number of carbonyl (C=O) groups is 1. The third-order valence-corrected chi connectivity index (χ3v) is 5.63. The van der Waals surface area contributed by atoms with Gasteiger partial charge in [-0.1, -0.05) is 30.1 Å². The molecule has 8 heteroatoms. The third-order valence-electron chi connectivity index (χ3n) is 4.60. The fourth-order valence-electron chi connectivity index (χ4n) is 3.29. The van der Waals surface area contributed by atoms with Crippen molar-refractivity contribution in [1.82, 2.24) is 20.4 Å². The first kappa shape index (κ1) is 16.8. The monoisotopic (exact) mass is 372 g/mol. The number of amides is 1. The Morgan fingerprint density at radius 1 is 1.31 bits per heavy atom. The lowest BCUT2D eigenvalue weighted by molar-refractivity contribution is 0.0896. The summed E-state index contributed by atoms with van der Waals surface area (Å²) in [5.74, 6) is 0.373. The van der Waals surface area contributed by atoms with Gasteiger partial charge in [0, 0.05) is 12.5 Å². The molecule has 0 spiro atoms. The van der Waals surface area contributed by atoms with Gasteiger partial charge in [-0.25, -0.2) is 9.37 Å². The normalized spacial score (nSPS) is 15.9. The van der Waals surface area contributed by atoms with E-state index in [9.17, 15) is 9.18 Å². The van der Waals surface area contributed by atoms with Gasteiger partial charge in [0.05, 0.1) is 6.20 Å². The van der Waals surface area contributed by atoms with Crippen molar-refractivity contribution < 1.29 is 13.7 Å². The van der Waals surface area contributed by atoms with Crippen LogP contribution in [0.15, 0.2) is 35.0 Å². The maximum atomic E-state index is 13.9. The molecule has 1 aromatic carbocycles. The molecule has 1 aliphatic carbocycles. The second kappa shape index (κ2) is 6.60. The molecule has 0 aliphatic heterocycles. The first-order valence-electron chi connectivity index (χ1n) is 8.41. The second-order valence-electron chi connectivity index (χ2n) is 6.39. The average molecular weight is 372 g/mol. The van der Waals surface area contributed by atoms with E-state index in [1.54, 1.807) is 25.1 Å². The molecule has 2 aromatic heterocycles. The predicted octanol–water partition coefficient (Wildman–Crippen LogP) is 3.84. The number of hydrogen-bond donors (Lipinski definition) is 1. The highest BCUT2D eigenvalue weighted by atomic mass is 32.1. The van der Waals surface area contributed by atoms with Gasteiger partial charge in [0.15, 0.2) is 5.82 Å². The summed E-state index contributed by atoms with van der Waals surface area (Å²) in [4.78, 5) is 21.8. The number of carbonyl (C=O) groups excluding carboxylic acids is 1. The van der Waals surface area contributed by atoms with E-state index in [2.05, 4.69) is 20.4 Å². The van der Waals surface area contributed by atoms with E-state index < -0.39 is 5.54 Å². The van der Waals surface area contributed by atoms with Crippen LogP contribution in [0.25, 0.3) is 10.6 Å². The number of halogens is 1. The van der Waals surface area contributed by atoms with Crippen LogP contribution in [0.5, 0.6) is 0 Å². The Labute approximate surface area is 153 Å². The van der Waals surface area contributed by atoms with E-state index in [1.807, 2.05) is 0 Å². The van der Waals surface area contributed by atoms with Crippen molar-refractivity contribution in [2.45, 2.75) is 38.1 Å². The number of nitrogens with one attached hydrogen (secondary N) is 1. The van der Waals surface area contributed by atoms with Crippen LogP contribution in [0.3, 0.4) is 0 Å². The Bertz CT molecular complexity index is 946. The average Bonchev–Trinajstić information content (AvgIpc) is 3.36. The molecule has 1 amide bonds. The van der Waals surface area contributed by atoms with Gasteiger partial charge in [0.25, 0.3) is 5.91 Å². The molecule has 1 fully saturated rings. The van der Waals surface area contributed by atoms with E-state index in [-0.39, 0.29) is 11.7 Å². The molecule has 0 radical (unpaired) electrons. The van der Waals surface area contributed by atoms with Crippen molar-refractivity contribution in [3.63, 3.8) is 0 Å². The molecule has 0 bridgehead atoms. The first-order valence-corrected chi connectivity index (χ1v) is 9.23. The van der Waals surface area contributed by atoms with Gasteiger partial charge in [-0.2, -0.15) is 4.98 Å². The van der Waals surface area contributed by atoms with E-state index >= 15 is 0 Å². The highest BCUT2D eigenvalue weighted by Crippen LogP contribution is 2.38. The SMILES string of the molecule is Cc1nc(C2(NC(=O)c3cnc(-c4ccccc4F)s3)CCCC2)no1. The lowest BCUT2D eigenvalue weighted by Crippen LogP contribution is -2.44. The van der Waals surface area contributed by atoms with Gasteiger partial charge in [-0.3, -0.25) is 4.79 Å². The summed E-state index contributed by atoms with van der Waals surface area (Å²) in [6.45, 7) is 1.73. The standard InChI is InChI=1S/C18H17FN4O2S/c1-11-21-17(23-25-11)18(8-4-5-9-18)22-15(24)14-10-20-16(26-14)12-6-2-3-7-13(12)19/h2-3,6-7,10H,4-5,8-9H2,1H3,(H,22,24). The summed E-state index contributed by atoms with van der Waals surface area (Å²) in [6.07, 6.45) is 4.97. The van der Waals surface area contributed by atoms with E-state index in [1.165, 1.54) is 12.3 Å². The maximum Gasteiger partial charge on any atom is 0.263 e. The smallest absolute Gasteiger partial charge is 0.263 e. The Balaban J connectivity index is 1.59. The Morgan fingerprint density at radius 3 is 2.77 bits per heavy atom. The second-order valence-corrected chi connectivity index (χ2v) is 7.42. The summed E-state index contributed by atoms with van der Waals surface area (Å²) in [5, 5.41) is 7.56. The number of hydrogen-bond acceptors (Lipinski definition) is 6. The van der Waals surface area contributed by atoms with Gasteiger partial charge in [-0.15, -0.1) is 11.3 Å². The van der Waals surface area contributed by atoms with Crippen LogP contribution < -0.4 is 5.32 Å². The molecule has 1 saturated carbocycles. The summed E-state index contributed by atoms with van der Waals surface area (Å²) in [6, 6.07) is 6.39. The Kier molecular flexibility index (Phi) is 4.28. The molecule has 1 aliphatic rings. The topological polar surface area (TPSA) is 80.9 Å². The van der Waals surface area contributed by atoms with Gasteiger partial charge < -0.3 is 9.84 Å². The molecule has 2 heterocycles. The van der Waals surface area contributed by atoms with E-state index in [4.69, 9.17) is 4.52 Å². The Hall–Kier alpha value is -2.61. The van der Waals surface area contributed by atoms with Gasteiger partial charge >= 0.3 is 0 Å². The van der Waals surface area contributed by atoms with Gasteiger partial charge in [0.1, 0.15) is 21.2 Å². The number of benzene rings is 1. The minimum atomic E-state index is -0.614. The third kappa shape index (κ3) is 3.01. The van der Waals surface area contributed by atoms with Crippen molar-refractivity contribution in [2.24, 2.45) is 0 Å². The van der Waals surface area contributed by atoms with E-state index in [0.29, 0.717) is 27.2 Å². The lowest BCUT2D eigenvalue weighted by atomic mass is 9.96. The van der Waals surface area contributed by atoms with Gasteiger partial charge in [0.2, 0.25) is 5.89 Å². The number of aryl methyl sites for hydroxylation is 1. The quantitative estimate of drug-likeness (QED) is 0.752. The molecule has 1 N–H and O–H groups in total. The molecular weight excluding hydrogens is 355 g/mol. The highest BCUT2D eigenvalue weighted by Gasteiger charge is 2.41. The first-order chi connectivity index (χ1) is 12.6. The molecule has 134 valence electrons. The van der Waals surface area contributed by atoms with Crippen molar-refractivity contribution in [3.8, 4) is 10.6 Å². The fraction of sp³-hybridized carbons (Fsp3) is 0.333. The fourth-order valence-corrected chi connectivity index (χ4v) is 4.13. The number of rotatable bonds is 4. The van der Waals surface area contributed by atoms with Crippen LogP contribution in [-0.4, -0.2) is 21.0 Å². The van der Waals surface area contributed by atoms with Crippen molar-refractivity contribution in [3.05, 3.63) is 52.9 Å². The van der Waals surface area contributed by atoms with Crippen molar-refractivity contribution in [2.75, 3.05) is 0 Å². The van der Waals surface area contributed by atoms with Crippen LogP contribution >= 0.6 is 11.3 Å². The zero-order chi connectivity index (χ0) is 18.1. The Morgan fingerprint density at radius 2 is 2.08 bits per heavy atom. The molecule has 0 unspecified atom stereocenters. The maximum absolute atomic E-state index is 13.9. The van der Waals surface area contributed by atoms with Gasteiger partial charge in [-0.05, 0) is 25.0 Å². The lowest BCUT2D eigenvalue weighted by Gasteiger charge is -2.26. The van der Waals surface area contributed by atoms with Crippen LogP contribution in [-0.2, 0) is 5.54 Å². The zero-order valence-electron chi connectivity index (χ0n) is 14.2. The molecule has 26 heavy (non-hydrogen) atoms. The highest BCUT2D eigenvalue weighted by molar-refractivity contribution is 7.16. The minimum Gasteiger partial charge on any atom is -0.340 e. The molecule has 3 aromatic rings. The number of nitrogens with zero attached hydrogens (tertiary/aromatic N) is 3. The van der Waals surface area contributed by atoms with E-state index in [0.717, 1.165) is 37.0 Å².